The predicted octanol–water partition coefficient (Wildman–Crippen LogP) is 1.46. The summed E-state index contributed by atoms with van der Waals surface area (Å²) in [5.74, 6) is 0.178. The van der Waals surface area contributed by atoms with Crippen LogP contribution in [0.15, 0.2) is 24.3 Å². The van der Waals surface area contributed by atoms with Crippen LogP contribution in [0.25, 0.3) is 0 Å². The minimum absolute atomic E-state index is 0. The largest absolute Gasteiger partial charge is 0.338 e. The molecule has 2 fully saturated rings. The molecule has 1 aromatic rings. The highest BCUT2D eigenvalue weighted by Crippen LogP contribution is 2.30. The third-order valence-corrected chi connectivity index (χ3v) is 6.71. The molecule has 0 radical (unpaired) electrons. The molecule has 1 atom stereocenters. The zero-order valence-corrected chi connectivity index (χ0v) is 15.4. The molecule has 8 heteroatoms. The van der Waals surface area contributed by atoms with Crippen molar-refractivity contribution in [1.29, 1.82) is 0 Å². The molecule has 2 aliphatic rings. The van der Waals surface area contributed by atoms with E-state index in [0.29, 0.717) is 37.3 Å². The lowest BCUT2D eigenvalue weighted by Gasteiger charge is -2.23. The maximum Gasteiger partial charge on any atom is 0.253 e. The van der Waals surface area contributed by atoms with Crippen LogP contribution < -0.4 is 10.0 Å². The maximum absolute atomic E-state index is 12.6. The van der Waals surface area contributed by atoms with Crippen molar-refractivity contribution < 1.29 is 13.2 Å². The van der Waals surface area contributed by atoms with Crippen molar-refractivity contribution >= 4 is 34.0 Å². The molecule has 0 aromatic heterocycles. The van der Waals surface area contributed by atoms with E-state index in [1.807, 2.05) is 4.90 Å². The number of rotatable bonds is 3. The van der Waals surface area contributed by atoms with Gasteiger partial charge in [-0.2, -0.15) is 0 Å². The number of hydrogen-bond acceptors (Lipinski definition) is 4. The van der Waals surface area contributed by atoms with Crippen molar-refractivity contribution in [2.45, 2.75) is 19.8 Å². The van der Waals surface area contributed by atoms with Crippen molar-refractivity contribution in [3.63, 3.8) is 0 Å². The summed E-state index contributed by atoms with van der Waals surface area (Å²) >= 11 is 0. The molecule has 6 nitrogen and oxygen atoms in total. The summed E-state index contributed by atoms with van der Waals surface area (Å²) < 4.78 is 25.3. The molecule has 1 unspecified atom stereocenters. The van der Waals surface area contributed by atoms with Gasteiger partial charge in [-0.3, -0.25) is 9.10 Å². The van der Waals surface area contributed by atoms with Crippen molar-refractivity contribution in [2.24, 2.45) is 11.1 Å². The summed E-state index contributed by atoms with van der Waals surface area (Å²) in [5, 5.41) is 0. The van der Waals surface area contributed by atoms with Gasteiger partial charge in [0, 0.05) is 25.2 Å². The van der Waals surface area contributed by atoms with E-state index in [0.717, 1.165) is 13.0 Å². The fraction of sp³-hybridized carbons (Fsp3) is 0.562. The molecule has 2 N–H and O–H groups in total. The van der Waals surface area contributed by atoms with Crippen LogP contribution in [0.2, 0.25) is 0 Å². The van der Waals surface area contributed by atoms with E-state index in [9.17, 15) is 13.2 Å². The summed E-state index contributed by atoms with van der Waals surface area (Å²) in [5.41, 5.74) is 7.00. The first-order valence-corrected chi connectivity index (χ1v) is 9.55. The van der Waals surface area contributed by atoms with Gasteiger partial charge in [0.2, 0.25) is 10.0 Å². The van der Waals surface area contributed by atoms with Gasteiger partial charge in [0.1, 0.15) is 0 Å². The number of carbonyl (C=O) groups excluding carboxylic acids is 1. The maximum atomic E-state index is 12.6. The van der Waals surface area contributed by atoms with E-state index >= 15 is 0 Å². The van der Waals surface area contributed by atoms with Crippen LogP contribution in [0.3, 0.4) is 0 Å². The number of amides is 1. The van der Waals surface area contributed by atoms with E-state index in [1.165, 1.54) is 4.31 Å². The minimum Gasteiger partial charge on any atom is -0.338 e. The highest BCUT2D eigenvalue weighted by Gasteiger charge is 2.35. The van der Waals surface area contributed by atoms with E-state index in [-0.39, 0.29) is 29.5 Å². The fourth-order valence-corrected chi connectivity index (χ4v) is 4.81. The standard InChI is InChI=1S/C16H23N3O3S.ClH/c1-16(11-17)7-9-18(12-16)15(20)13-3-5-14(6-4-13)19-8-2-10-23(19,21)22;/h3-6H,2,7-12,17H2,1H3;1H. The van der Waals surface area contributed by atoms with Gasteiger partial charge in [0.25, 0.3) is 5.91 Å². The molecule has 3 rings (SSSR count). The summed E-state index contributed by atoms with van der Waals surface area (Å²) in [6.45, 7) is 4.57. The summed E-state index contributed by atoms with van der Waals surface area (Å²) in [4.78, 5) is 14.4. The molecular formula is C16H24ClN3O3S. The number of sulfonamides is 1. The Morgan fingerprint density at radius 2 is 1.92 bits per heavy atom. The number of nitrogens with two attached hydrogens (primary N) is 1. The zero-order chi connectivity index (χ0) is 16.7. The number of halogens is 1. The topological polar surface area (TPSA) is 83.7 Å². The van der Waals surface area contributed by atoms with Gasteiger partial charge in [-0.1, -0.05) is 6.92 Å². The van der Waals surface area contributed by atoms with Crippen LogP contribution in [-0.4, -0.2) is 51.2 Å². The highest BCUT2D eigenvalue weighted by molar-refractivity contribution is 7.93. The Bertz CT molecular complexity index is 708. The molecule has 0 aliphatic carbocycles. The van der Waals surface area contributed by atoms with Crippen LogP contribution in [0.4, 0.5) is 5.69 Å². The lowest BCUT2D eigenvalue weighted by Crippen LogP contribution is -2.34. The van der Waals surface area contributed by atoms with Crippen LogP contribution in [0.5, 0.6) is 0 Å². The molecule has 0 saturated carbocycles. The molecule has 2 heterocycles. The second kappa shape index (κ2) is 6.90. The van der Waals surface area contributed by atoms with Crippen molar-refractivity contribution in [1.82, 2.24) is 4.90 Å². The monoisotopic (exact) mass is 373 g/mol. The van der Waals surface area contributed by atoms with Gasteiger partial charge in [-0.05, 0) is 49.1 Å². The SMILES string of the molecule is CC1(CN)CCN(C(=O)c2ccc(N3CCCS3(=O)=O)cc2)C1.Cl. The van der Waals surface area contributed by atoms with Crippen LogP contribution in [0.1, 0.15) is 30.1 Å². The zero-order valence-electron chi connectivity index (χ0n) is 13.8. The fourth-order valence-electron chi connectivity index (χ4n) is 3.25. The Labute approximate surface area is 149 Å². The van der Waals surface area contributed by atoms with Gasteiger partial charge in [-0.25, -0.2) is 8.42 Å². The van der Waals surface area contributed by atoms with Crippen LogP contribution in [-0.2, 0) is 10.0 Å². The first kappa shape index (κ1) is 19.0. The van der Waals surface area contributed by atoms with Crippen LogP contribution in [0, 0.1) is 5.41 Å². The summed E-state index contributed by atoms with van der Waals surface area (Å²) in [6.07, 6.45) is 1.56. The number of likely N-dealkylation sites (tertiary alicyclic amines) is 1. The number of nitrogens with zero attached hydrogens (tertiary/aromatic N) is 2. The lowest BCUT2D eigenvalue weighted by atomic mass is 9.90. The molecule has 2 aliphatic heterocycles. The second-order valence-corrected chi connectivity index (χ2v) is 8.79. The Hall–Kier alpha value is -1.31. The van der Waals surface area contributed by atoms with Gasteiger partial charge in [-0.15, -0.1) is 12.4 Å². The summed E-state index contributed by atoms with van der Waals surface area (Å²) in [7, 11) is -3.18. The van der Waals surface area contributed by atoms with Crippen molar-refractivity contribution in [3.05, 3.63) is 29.8 Å². The predicted molar refractivity (Wildman–Crippen MR) is 97.1 cm³/mol. The normalized spacial score (nSPS) is 25.6. The number of hydrogen-bond donors (Lipinski definition) is 1. The van der Waals surface area contributed by atoms with E-state index in [2.05, 4.69) is 6.92 Å². The average molecular weight is 374 g/mol. The Morgan fingerprint density at radius 3 is 2.42 bits per heavy atom. The lowest BCUT2D eigenvalue weighted by molar-refractivity contribution is 0.0777. The average Bonchev–Trinajstić information content (AvgIpc) is 3.10. The quantitative estimate of drug-likeness (QED) is 0.869. The first-order chi connectivity index (χ1) is 10.8. The molecule has 24 heavy (non-hydrogen) atoms. The third kappa shape index (κ3) is 3.53. The van der Waals surface area contributed by atoms with Gasteiger partial charge >= 0.3 is 0 Å². The first-order valence-electron chi connectivity index (χ1n) is 7.94. The van der Waals surface area contributed by atoms with Gasteiger partial charge in [0.05, 0.1) is 11.4 Å². The molecule has 2 saturated heterocycles. The molecule has 0 spiro atoms. The van der Waals surface area contributed by atoms with Crippen molar-refractivity contribution in [2.75, 3.05) is 36.2 Å². The summed E-state index contributed by atoms with van der Waals surface area (Å²) in [6, 6.07) is 6.86. The number of anilines is 1. The highest BCUT2D eigenvalue weighted by atomic mass is 35.5. The molecule has 1 aromatic carbocycles. The van der Waals surface area contributed by atoms with E-state index in [4.69, 9.17) is 5.73 Å². The van der Waals surface area contributed by atoms with E-state index in [1.54, 1.807) is 24.3 Å². The Morgan fingerprint density at radius 1 is 1.25 bits per heavy atom. The molecule has 134 valence electrons. The molecule has 0 bridgehead atoms. The number of carbonyl (C=O) groups is 1. The van der Waals surface area contributed by atoms with Crippen molar-refractivity contribution in [3.8, 4) is 0 Å². The van der Waals surface area contributed by atoms with Gasteiger partial charge in [0.15, 0.2) is 0 Å². The molecule has 1 amide bonds. The Balaban J connectivity index is 0.00000208. The van der Waals surface area contributed by atoms with Gasteiger partial charge < -0.3 is 10.6 Å². The van der Waals surface area contributed by atoms with E-state index < -0.39 is 10.0 Å². The molecular weight excluding hydrogens is 350 g/mol. The minimum atomic E-state index is -3.18. The van der Waals surface area contributed by atoms with Crippen LogP contribution >= 0.6 is 12.4 Å². The Kier molecular flexibility index (Phi) is 5.47. The smallest absolute Gasteiger partial charge is 0.253 e. The number of benzene rings is 1. The second-order valence-electron chi connectivity index (χ2n) is 6.78. The third-order valence-electron chi connectivity index (χ3n) is 4.84.